The zero-order valence-electron chi connectivity index (χ0n) is 14.2. The minimum Gasteiger partial charge on any atom is -0.379 e. The lowest BCUT2D eigenvalue weighted by Gasteiger charge is -2.39. The minimum atomic E-state index is 0.0126. The molecule has 0 bridgehead atoms. The first-order valence-corrected chi connectivity index (χ1v) is 8.73. The molecule has 23 heavy (non-hydrogen) atoms. The Morgan fingerprint density at radius 3 is 2.78 bits per heavy atom. The van der Waals surface area contributed by atoms with Crippen LogP contribution in [0.3, 0.4) is 0 Å². The fourth-order valence-electron chi connectivity index (χ4n) is 3.35. The first-order valence-electron chi connectivity index (χ1n) is 8.73. The predicted molar refractivity (Wildman–Crippen MR) is 86.5 cm³/mol. The van der Waals surface area contributed by atoms with Gasteiger partial charge >= 0.3 is 0 Å². The average molecular weight is 321 g/mol. The molecule has 0 aliphatic carbocycles. The summed E-state index contributed by atoms with van der Waals surface area (Å²) >= 11 is 0. The van der Waals surface area contributed by atoms with Crippen molar-refractivity contribution in [1.82, 2.24) is 15.0 Å². The first-order chi connectivity index (χ1) is 11.1. The van der Waals surface area contributed by atoms with E-state index in [0.717, 1.165) is 58.0 Å². The highest BCUT2D eigenvalue weighted by molar-refractivity contribution is 5.92. The third kappa shape index (κ3) is 3.93. The maximum absolute atomic E-state index is 12.8. The quantitative estimate of drug-likeness (QED) is 0.850. The highest BCUT2D eigenvalue weighted by Crippen LogP contribution is 2.22. The van der Waals surface area contributed by atoms with Gasteiger partial charge in [-0.3, -0.25) is 9.69 Å². The van der Waals surface area contributed by atoms with Crippen LogP contribution in [0.2, 0.25) is 0 Å². The van der Waals surface area contributed by atoms with Gasteiger partial charge in [-0.15, -0.1) is 0 Å². The molecule has 1 unspecified atom stereocenters. The van der Waals surface area contributed by atoms with E-state index in [4.69, 9.17) is 9.26 Å². The summed E-state index contributed by atoms with van der Waals surface area (Å²) < 4.78 is 10.7. The van der Waals surface area contributed by atoms with E-state index in [9.17, 15) is 4.79 Å². The largest absolute Gasteiger partial charge is 0.379 e. The summed E-state index contributed by atoms with van der Waals surface area (Å²) in [5.41, 5.74) is 0.447. The Balaban J connectivity index is 1.67. The second-order valence-electron chi connectivity index (χ2n) is 6.83. The number of piperidine rings is 1. The fraction of sp³-hybridized carbons (Fsp3) is 0.765. The van der Waals surface area contributed by atoms with Crippen molar-refractivity contribution >= 4 is 5.91 Å². The van der Waals surface area contributed by atoms with Crippen molar-refractivity contribution in [2.45, 2.75) is 45.1 Å². The Labute approximate surface area is 137 Å². The molecule has 0 aromatic carbocycles. The van der Waals surface area contributed by atoms with Gasteiger partial charge in [-0.05, 0) is 19.3 Å². The lowest BCUT2D eigenvalue weighted by atomic mass is 10.0. The van der Waals surface area contributed by atoms with Crippen molar-refractivity contribution in [3.05, 3.63) is 17.5 Å². The maximum Gasteiger partial charge on any atom is 0.276 e. The van der Waals surface area contributed by atoms with E-state index < -0.39 is 0 Å². The number of hydrogen-bond donors (Lipinski definition) is 0. The Morgan fingerprint density at radius 2 is 2.09 bits per heavy atom. The lowest BCUT2D eigenvalue weighted by Crippen LogP contribution is -2.51. The van der Waals surface area contributed by atoms with Crippen molar-refractivity contribution in [3.63, 3.8) is 0 Å². The van der Waals surface area contributed by atoms with E-state index in [2.05, 4.69) is 10.1 Å². The standard InChI is InChI=1S/C17H27N3O3/c1-13(2)16-11-15(18-23-16)17(21)20-6-4-3-5-14(20)12-19-7-9-22-10-8-19/h11,13-14H,3-10,12H2,1-2H3. The molecule has 0 saturated carbocycles. The molecule has 2 aliphatic heterocycles. The van der Waals surface area contributed by atoms with E-state index in [-0.39, 0.29) is 17.9 Å². The van der Waals surface area contributed by atoms with Gasteiger partial charge in [-0.1, -0.05) is 19.0 Å². The molecule has 0 N–H and O–H groups in total. The SMILES string of the molecule is CC(C)c1cc(C(=O)N2CCCCC2CN2CCOCC2)no1. The highest BCUT2D eigenvalue weighted by Gasteiger charge is 2.31. The molecule has 128 valence electrons. The summed E-state index contributed by atoms with van der Waals surface area (Å²) in [5, 5.41) is 3.99. The number of likely N-dealkylation sites (tertiary alicyclic amines) is 1. The number of ether oxygens (including phenoxy) is 1. The van der Waals surface area contributed by atoms with Crippen LogP contribution in [0.5, 0.6) is 0 Å². The van der Waals surface area contributed by atoms with Crippen LogP contribution < -0.4 is 0 Å². The number of carbonyl (C=O) groups is 1. The van der Waals surface area contributed by atoms with E-state index in [0.29, 0.717) is 5.69 Å². The van der Waals surface area contributed by atoms with Crippen LogP contribution in [0.4, 0.5) is 0 Å². The van der Waals surface area contributed by atoms with Gasteiger partial charge in [-0.2, -0.15) is 0 Å². The Bertz CT molecular complexity index is 523. The minimum absolute atomic E-state index is 0.0126. The monoisotopic (exact) mass is 321 g/mol. The zero-order valence-corrected chi connectivity index (χ0v) is 14.2. The molecule has 2 saturated heterocycles. The molecule has 1 amide bonds. The second kappa shape index (κ2) is 7.45. The van der Waals surface area contributed by atoms with Crippen molar-refractivity contribution in [1.29, 1.82) is 0 Å². The third-order valence-electron chi connectivity index (χ3n) is 4.78. The molecule has 0 radical (unpaired) electrons. The molecule has 6 nitrogen and oxygen atoms in total. The number of nitrogens with zero attached hydrogens (tertiary/aromatic N) is 3. The molecule has 2 fully saturated rings. The Morgan fingerprint density at radius 1 is 1.30 bits per heavy atom. The molecule has 6 heteroatoms. The van der Waals surface area contributed by atoms with Crippen molar-refractivity contribution in [2.75, 3.05) is 39.4 Å². The van der Waals surface area contributed by atoms with Crippen LogP contribution in [0.25, 0.3) is 0 Å². The topological polar surface area (TPSA) is 58.8 Å². The maximum atomic E-state index is 12.8. The van der Waals surface area contributed by atoms with Gasteiger partial charge in [0.15, 0.2) is 5.69 Å². The predicted octanol–water partition coefficient (Wildman–Crippen LogP) is 2.12. The number of morpholine rings is 1. The number of carbonyl (C=O) groups excluding carboxylic acids is 1. The number of aromatic nitrogens is 1. The molecule has 0 spiro atoms. The van der Waals surface area contributed by atoms with Gasteiger partial charge in [0.25, 0.3) is 5.91 Å². The summed E-state index contributed by atoms with van der Waals surface area (Å²) in [7, 11) is 0. The van der Waals surface area contributed by atoms with E-state index in [1.807, 2.05) is 18.7 Å². The average Bonchev–Trinajstić information content (AvgIpc) is 3.06. The van der Waals surface area contributed by atoms with Crippen molar-refractivity contribution in [3.8, 4) is 0 Å². The Hall–Kier alpha value is -1.40. The fourth-order valence-corrected chi connectivity index (χ4v) is 3.35. The molecule has 1 aromatic rings. The van der Waals surface area contributed by atoms with Gasteiger partial charge < -0.3 is 14.2 Å². The smallest absolute Gasteiger partial charge is 0.276 e. The van der Waals surface area contributed by atoms with Gasteiger partial charge in [0, 0.05) is 44.2 Å². The summed E-state index contributed by atoms with van der Waals surface area (Å²) in [5.74, 6) is 1.03. The van der Waals surface area contributed by atoms with Crippen molar-refractivity contribution < 1.29 is 14.1 Å². The molecule has 3 rings (SSSR count). The second-order valence-corrected chi connectivity index (χ2v) is 6.83. The van der Waals surface area contributed by atoms with Gasteiger partial charge in [-0.25, -0.2) is 0 Å². The lowest BCUT2D eigenvalue weighted by molar-refractivity contribution is 0.0163. The zero-order chi connectivity index (χ0) is 16.2. The number of hydrogen-bond acceptors (Lipinski definition) is 5. The molecule has 1 aromatic heterocycles. The summed E-state index contributed by atoms with van der Waals surface area (Å²) in [6.07, 6.45) is 3.33. The Kier molecular flexibility index (Phi) is 5.33. The molecular weight excluding hydrogens is 294 g/mol. The van der Waals surface area contributed by atoms with Crippen LogP contribution in [0, 0.1) is 0 Å². The van der Waals surface area contributed by atoms with E-state index in [1.54, 1.807) is 6.07 Å². The third-order valence-corrected chi connectivity index (χ3v) is 4.78. The van der Waals surface area contributed by atoms with Gasteiger partial charge in [0.05, 0.1) is 13.2 Å². The summed E-state index contributed by atoms with van der Waals surface area (Å²) in [4.78, 5) is 17.3. The van der Waals surface area contributed by atoms with Gasteiger partial charge in [0.1, 0.15) is 5.76 Å². The summed E-state index contributed by atoms with van der Waals surface area (Å²) in [6, 6.07) is 2.07. The molecule has 3 heterocycles. The molecule has 2 aliphatic rings. The van der Waals surface area contributed by atoms with Crippen LogP contribution >= 0.6 is 0 Å². The first kappa shape index (κ1) is 16.5. The highest BCUT2D eigenvalue weighted by atomic mass is 16.5. The molecular formula is C17H27N3O3. The van der Waals surface area contributed by atoms with E-state index >= 15 is 0 Å². The van der Waals surface area contributed by atoms with Crippen LogP contribution in [0.15, 0.2) is 10.6 Å². The van der Waals surface area contributed by atoms with Crippen LogP contribution in [-0.4, -0.2) is 66.3 Å². The van der Waals surface area contributed by atoms with Crippen molar-refractivity contribution in [2.24, 2.45) is 0 Å². The van der Waals surface area contributed by atoms with Crippen LogP contribution in [0.1, 0.15) is 55.3 Å². The van der Waals surface area contributed by atoms with E-state index in [1.165, 1.54) is 6.42 Å². The molecule has 1 atom stereocenters. The van der Waals surface area contributed by atoms with Crippen LogP contribution in [-0.2, 0) is 4.74 Å². The van der Waals surface area contributed by atoms with Gasteiger partial charge in [0.2, 0.25) is 0 Å². The summed E-state index contributed by atoms with van der Waals surface area (Å²) in [6.45, 7) is 9.33. The number of rotatable bonds is 4. The number of amides is 1. The normalized spacial score (nSPS) is 23.4.